The van der Waals surface area contributed by atoms with E-state index in [4.69, 9.17) is 0 Å². The topological polar surface area (TPSA) is 223 Å². The summed E-state index contributed by atoms with van der Waals surface area (Å²) in [5.41, 5.74) is -132. The van der Waals surface area contributed by atoms with E-state index in [0.29, 0.717) is 0 Å². The lowest BCUT2D eigenvalue weighted by Gasteiger charge is -2.71. The van der Waals surface area contributed by atoms with E-state index in [1.807, 2.05) is 0 Å². The summed E-state index contributed by atoms with van der Waals surface area (Å²) in [7, 11) is 0. The number of Topliss-reactive ketones (excluding diaryl/α,β-unsaturated/α-hetero) is 4. The Hall–Kier alpha value is -5.44. The zero-order valence-electron chi connectivity index (χ0n) is 57.6. The van der Waals surface area contributed by atoms with Gasteiger partial charge in [0, 0.05) is 0 Å². The van der Waals surface area contributed by atoms with Gasteiger partial charge in [-0.25, -0.2) is 87.8 Å². The van der Waals surface area contributed by atoms with E-state index in [9.17, 15) is 74.7 Å². The molecule has 0 saturated heterocycles. The number of hydrogen-bond donors (Lipinski definition) is 4. The molecule has 4 N–H and O–H groups in total. The van der Waals surface area contributed by atoms with E-state index < -0.39 is 341 Å². The maximum atomic E-state index is 16.7. The van der Waals surface area contributed by atoms with Gasteiger partial charge in [0.25, 0.3) is 22.7 Å². The first kappa shape index (κ1) is 98.6. The molecular weight excluding hydrogens is 1930 g/mol. The van der Waals surface area contributed by atoms with Crippen LogP contribution in [0.1, 0.15) is 0 Å². The lowest BCUT2D eigenvalue weighted by atomic mass is 9.41. The molecule has 16 saturated carbocycles. The van der Waals surface area contributed by atoms with Crippen LogP contribution in [0.3, 0.4) is 0 Å². The highest BCUT2D eigenvalue weighted by atomic mass is 19.4. The van der Waals surface area contributed by atoms with Crippen molar-refractivity contribution in [1.29, 1.82) is 0 Å². The van der Waals surface area contributed by atoms with Gasteiger partial charge in [0.2, 0.25) is 23.1 Å². The molecule has 0 aromatic carbocycles. The van der Waals surface area contributed by atoms with Crippen molar-refractivity contribution >= 4 is 23.1 Å². The Balaban J connectivity index is 0.887. The van der Waals surface area contributed by atoms with E-state index in [1.54, 1.807) is 0 Å². The third-order valence-electron chi connectivity index (χ3n) is 24.7. The van der Waals surface area contributed by atoms with Crippen LogP contribution >= 0.6 is 0 Å². The van der Waals surface area contributed by atoms with E-state index in [2.05, 4.69) is 37.9 Å². The minimum absolute atomic E-state index is 2.59. The average molecular weight is 1960 g/mol. The Bertz CT molecular complexity index is 4040. The van der Waals surface area contributed by atoms with Crippen molar-refractivity contribution in [3.05, 3.63) is 0 Å². The van der Waals surface area contributed by atoms with Crippen LogP contribution in [-0.2, 0) is 57.1 Å². The lowest BCUT2D eigenvalue weighted by molar-refractivity contribution is -0.556. The molecule has 125 heavy (non-hydrogen) atoms. The fourth-order valence-corrected chi connectivity index (χ4v) is 18.1. The van der Waals surface area contributed by atoms with E-state index in [1.165, 1.54) is 0 Å². The second-order valence-corrected chi connectivity index (χ2v) is 30.8. The summed E-state index contributed by atoms with van der Waals surface area (Å²) in [6.07, 6.45) is -15.6. The number of aliphatic hydroxyl groups excluding tert-OH is 4. The molecule has 16 fully saturated rings. The summed E-state index contributed by atoms with van der Waals surface area (Å²) in [4.78, 5) is 50.5. The van der Waals surface area contributed by atoms with Gasteiger partial charge in [-0.3, -0.25) is 19.2 Å². The van der Waals surface area contributed by atoms with Crippen LogP contribution in [0.25, 0.3) is 0 Å². The fraction of sp³-hybridized carbons (Fsp3) is 0.930. The maximum absolute atomic E-state index is 16.7. The number of alkyl halides is 52. The standard InChI is InChI=1S/C57H32F52O16/c58-22-17(114)26(62)46(90,91)30(66,38(22,74)75)50(98,99)34(70,42(22,82)83)54(26,106)122-5-13(110)1-118-9-21(10-119-2-14(111)6-123-55(107)27(63)18(115)23(59)39(76,77)31(67,47(27,92)93)51(100,101)35(55,71)43(23,84)85,11-120-3-15(112)7-124-56(108)28(64)19(116)24(60)40(78,79)32(68,48(28,94)95)52(102,103)36(56,72)44(24,86)87)12-121-4-16(113)8-125-57(109)29(65)20(117)25(61)41(80,81)33(69,49(29,96)97)53(104,105)37(57,73)45(25,88)89/h13-16,110-113H,1-12H2. The molecule has 16 aliphatic rings. The molecule has 720 valence electrons. The molecule has 16 bridgehead atoms. The number of carbonyl (C=O) groups excluding carboxylic acids is 4. The number of hydrogen-bond acceptors (Lipinski definition) is 16. The first-order valence-corrected chi connectivity index (χ1v) is 32.6. The van der Waals surface area contributed by atoms with Gasteiger partial charge in [-0.15, -0.1) is 0 Å². The fourth-order valence-electron chi connectivity index (χ4n) is 18.1. The zero-order valence-corrected chi connectivity index (χ0v) is 57.6. The van der Waals surface area contributed by atoms with Gasteiger partial charge in [0.1, 0.15) is 24.4 Å². The normalized spacial score (nSPS) is 50.0. The molecule has 0 heterocycles. The molecular formula is C57H32F52O16. The highest BCUT2D eigenvalue weighted by Crippen LogP contribution is 2.91. The van der Waals surface area contributed by atoms with Gasteiger partial charge in [-0.2, -0.15) is 140 Å². The van der Waals surface area contributed by atoms with Crippen molar-refractivity contribution in [1.82, 2.24) is 0 Å². The Morgan fingerprint density at radius 3 is 0.440 bits per heavy atom. The van der Waals surface area contributed by atoms with Gasteiger partial charge in [-0.05, 0) is 0 Å². The highest BCUT2D eigenvalue weighted by Gasteiger charge is 3.25. The number of rotatable bonds is 28. The number of carbonyl (C=O) groups is 4. The van der Waals surface area contributed by atoms with Gasteiger partial charge in [-0.1, -0.05) is 0 Å². The molecule has 0 amide bonds. The summed E-state index contributed by atoms with van der Waals surface area (Å²) >= 11 is 0. The molecule has 24 unspecified atom stereocenters. The molecule has 0 spiro atoms. The van der Waals surface area contributed by atoms with E-state index in [-0.39, 0.29) is 0 Å². The summed E-state index contributed by atoms with van der Waals surface area (Å²) in [6, 6.07) is 0. The van der Waals surface area contributed by atoms with Crippen molar-refractivity contribution in [3.8, 4) is 0 Å². The predicted molar refractivity (Wildman–Crippen MR) is 270 cm³/mol. The maximum Gasteiger partial charge on any atom is 0.340 e. The van der Waals surface area contributed by atoms with Crippen LogP contribution in [0.4, 0.5) is 228 Å². The van der Waals surface area contributed by atoms with E-state index >= 15 is 193 Å². The monoisotopic (exact) mass is 1960 g/mol. The molecule has 0 aromatic rings. The van der Waals surface area contributed by atoms with Crippen LogP contribution in [0.15, 0.2) is 0 Å². The Morgan fingerprint density at radius 1 is 0.184 bits per heavy atom. The first-order valence-electron chi connectivity index (χ1n) is 32.6. The molecule has 16 rings (SSSR count). The van der Waals surface area contributed by atoms with Crippen LogP contribution in [0.5, 0.6) is 0 Å². The van der Waals surface area contributed by atoms with E-state index in [0.717, 1.165) is 0 Å². The smallest absolute Gasteiger partial charge is 0.340 e. The molecule has 0 aromatic heterocycles. The van der Waals surface area contributed by atoms with Crippen LogP contribution < -0.4 is 0 Å². The average Bonchev–Trinajstić information content (AvgIpc) is 0.611. The molecule has 68 heteroatoms. The van der Waals surface area contributed by atoms with Crippen LogP contribution in [0, 0.1) is 5.41 Å². The lowest BCUT2D eigenvalue weighted by Crippen LogP contribution is -3.07. The first-order chi connectivity index (χ1) is 55.0. The number of ketones is 4. The molecule has 16 aliphatic carbocycles. The van der Waals surface area contributed by atoms with Crippen molar-refractivity contribution < 1.29 is 306 Å². The second-order valence-electron chi connectivity index (χ2n) is 30.8. The van der Waals surface area contributed by atoms with Crippen molar-refractivity contribution in [2.75, 3.05) is 79.3 Å². The number of ether oxygens (including phenoxy) is 8. The SMILES string of the molecule is O=C1C2(F)C(F)(F)C3(F)C(F)(F)C1(F)C(F)(OCC(O)COCC(COCC(O)COC1(F)C4(F)C(=O)C5(F)C(F)(F)C(F)(C4(F)F)C(F)(F)C1(F)C5(F)F)(COCC(O)COC1(F)C4(F)C(=O)C5(F)C(F)(F)C(F)(C4(F)F)C(F)(F)C1(F)C5(F)F)COCC(O)COC1(F)C4(F)C(=O)C5(F)C(F)(F)C(F)(C4(F)F)C(F)(F)C1(F)C5(F)F)C(F)(C2(F)F)C3(F)F. The number of aliphatic hydroxyl groups is 4. The minimum atomic E-state index is -8.44. The minimum Gasteiger partial charge on any atom is -0.388 e. The quantitative estimate of drug-likeness (QED) is 0.0535. The van der Waals surface area contributed by atoms with Crippen molar-refractivity contribution in [2.45, 2.75) is 233 Å². The van der Waals surface area contributed by atoms with Gasteiger partial charge in [0.05, 0.1) is 84.7 Å². The highest BCUT2D eigenvalue weighted by molar-refractivity contribution is 6.07. The largest absolute Gasteiger partial charge is 0.388 e. The van der Waals surface area contributed by atoms with Gasteiger partial charge >= 0.3 is 186 Å². The molecule has 16 nitrogen and oxygen atoms in total. The molecule has 24 atom stereocenters. The zero-order chi connectivity index (χ0) is 97.3. The number of halogens is 52. The Labute approximate surface area is 646 Å². The predicted octanol–water partition coefficient (Wildman–Crippen LogP) is 10.1. The van der Waals surface area contributed by atoms with Crippen LogP contribution in [0.2, 0.25) is 0 Å². The molecule has 0 radical (unpaired) electrons. The third kappa shape index (κ3) is 7.80. The summed E-state index contributed by atoms with van der Waals surface area (Å²) in [5, 5.41) is 42.4. The summed E-state index contributed by atoms with van der Waals surface area (Å²) < 4.78 is 845. The summed E-state index contributed by atoms with van der Waals surface area (Å²) in [5.74, 6) is -184. The van der Waals surface area contributed by atoms with Gasteiger partial charge < -0.3 is 58.3 Å². The third-order valence-corrected chi connectivity index (χ3v) is 24.7. The van der Waals surface area contributed by atoms with Gasteiger partial charge in [0.15, 0.2) is 0 Å². The van der Waals surface area contributed by atoms with Crippen molar-refractivity contribution in [2.24, 2.45) is 5.41 Å². The Morgan fingerprint density at radius 2 is 0.304 bits per heavy atom. The van der Waals surface area contributed by atoms with Crippen molar-refractivity contribution in [3.63, 3.8) is 0 Å². The molecule has 0 aliphatic heterocycles. The van der Waals surface area contributed by atoms with Crippen LogP contribution in [-0.4, -0.2) is 356 Å². The Kier molecular flexibility index (Phi) is 19.0. The second kappa shape index (κ2) is 24.1. The summed E-state index contributed by atoms with van der Waals surface area (Å²) in [6.45, 7) is -34.5.